The van der Waals surface area contributed by atoms with Crippen molar-refractivity contribution in [3.63, 3.8) is 0 Å². The number of para-hydroxylation sites is 1. The van der Waals surface area contributed by atoms with Crippen molar-refractivity contribution >= 4 is 50.8 Å². The fourth-order valence-corrected chi connectivity index (χ4v) is 4.23. The fourth-order valence-electron chi connectivity index (χ4n) is 3.85. The molecule has 0 unspecified atom stereocenters. The van der Waals surface area contributed by atoms with Gasteiger partial charge in [0, 0.05) is 33.8 Å². The number of esters is 1. The van der Waals surface area contributed by atoms with Gasteiger partial charge in [-0.2, -0.15) is 9.78 Å². The first-order valence-electron chi connectivity index (χ1n) is 11.9. The smallest absolute Gasteiger partial charge is 0.336 e. The van der Waals surface area contributed by atoms with E-state index in [1.54, 1.807) is 48.5 Å². The van der Waals surface area contributed by atoms with Crippen LogP contribution in [0.2, 0.25) is 0 Å². The standard InChI is InChI=1S/C30H19BrN4O5/c31-23-13-16-27(40-28(36)17-10-20-6-2-1-3-7-20)22(18-23)19-32-34-29(21-11-14-24(15-12-21)35(38)39)33-26-9-5-4-8-25(26)30(34)37/h1-19H/b17-10+,32-19?. The maximum Gasteiger partial charge on any atom is 0.336 e. The lowest BCUT2D eigenvalue weighted by atomic mass is 10.1. The molecule has 0 saturated heterocycles. The summed E-state index contributed by atoms with van der Waals surface area (Å²) >= 11 is 3.41. The van der Waals surface area contributed by atoms with Crippen LogP contribution in [0.1, 0.15) is 11.1 Å². The van der Waals surface area contributed by atoms with E-state index in [0.717, 1.165) is 10.2 Å². The molecule has 1 heterocycles. The van der Waals surface area contributed by atoms with E-state index in [0.29, 0.717) is 26.5 Å². The van der Waals surface area contributed by atoms with Crippen LogP contribution in [0.4, 0.5) is 5.69 Å². The van der Waals surface area contributed by atoms with Gasteiger partial charge in [0.25, 0.3) is 11.2 Å². The maximum absolute atomic E-state index is 13.5. The molecule has 5 aromatic rings. The van der Waals surface area contributed by atoms with Crippen LogP contribution in [0.5, 0.6) is 5.75 Å². The van der Waals surface area contributed by atoms with Gasteiger partial charge in [-0.25, -0.2) is 9.78 Å². The molecule has 0 amide bonds. The number of halogens is 1. The molecule has 9 nitrogen and oxygen atoms in total. The number of rotatable bonds is 7. The summed E-state index contributed by atoms with van der Waals surface area (Å²) in [5.41, 5.74) is 1.65. The monoisotopic (exact) mass is 594 g/mol. The van der Waals surface area contributed by atoms with Crippen LogP contribution in [0.25, 0.3) is 28.4 Å². The Morgan fingerprint density at radius 3 is 2.45 bits per heavy atom. The number of nitro benzene ring substituents is 1. The summed E-state index contributed by atoms with van der Waals surface area (Å²) in [5, 5.41) is 15.9. The second-order valence-corrected chi connectivity index (χ2v) is 9.38. The Labute approximate surface area is 236 Å². The van der Waals surface area contributed by atoms with Crippen LogP contribution in [-0.2, 0) is 4.79 Å². The Kier molecular flexibility index (Phi) is 7.70. The van der Waals surface area contributed by atoms with E-state index in [2.05, 4.69) is 26.0 Å². The first kappa shape index (κ1) is 26.4. The molecule has 0 saturated carbocycles. The molecule has 10 heteroatoms. The summed E-state index contributed by atoms with van der Waals surface area (Å²) in [6.45, 7) is 0. The van der Waals surface area contributed by atoms with Gasteiger partial charge in [0.1, 0.15) is 5.75 Å². The van der Waals surface area contributed by atoms with Crippen molar-refractivity contribution in [2.45, 2.75) is 0 Å². The lowest BCUT2D eigenvalue weighted by Crippen LogP contribution is -2.20. The van der Waals surface area contributed by atoms with Crippen molar-refractivity contribution in [3.05, 3.63) is 139 Å². The van der Waals surface area contributed by atoms with E-state index in [9.17, 15) is 19.7 Å². The van der Waals surface area contributed by atoms with Crippen LogP contribution in [0.15, 0.2) is 118 Å². The number of hydrogen-bond donors (Lipinski definition) is 0. The number of ether oxygens (including phenoxy) is 1. The first-order valence-corrected chi connectivity index (χ1v) is 12.7. The molecule has 5 rings (SSSR count). The van der Waals surface area contributed by atoms with Crippen LogP contribution < -0.4 is 10.3 Å². The van der Waals surface area contributed by atoms with Gasteiger partial charge < -0.3 is 4.74 Å². The topological polar surface area (TPSA) is 117 Å². The summed E-state index contributed by atoms with van der Waals surface area (Å²) in [4.78, 5) is 41.2. The molecule has 4 aromatic carbocycles. The number of aromatic nitrogens is 2. The maximum atomic E-state index is 13.5. The molecular formula is C30H19BrN4O5. The van der Waals surface area contributed by atoms with Crippen molar-refractivity contribution < 1.29 is 14.5 Å². The third kappa shape index (κ3) is 5.92. The number of hydrogen-bond acceptors (Lipinski definition) is 7. The number of nitrogens with zero attached hydrogens (tertiary/aromatic N) is 4. The van der Waals surface area contributed by atoms with E-state index < -0.39 is 16.5 Å². The predicted octanol–water partition coefficient (Wildman–Crippen LogP) is 6.24. The summed E-state index contributed by atoms with van der Waals surface area (Å²) in [5.74, 6) is -0.167. The highest BCUT2D eigenvalue weighted by Gasteiger charge is 2.15. The molecule has 40 heavy (non-hydrogen) atoms. The number of fused-ring (bicyclic) bond motifs is 1. The van der Waals surface area contributed by atoms with Crippen LogP contribution in [-0.4, -0.2) is 26.8 Å². The van der Waals surface area contributed by atoms with Crippen LogP contribution in [0.3, 0.4) is 0 Å². The highest BCUT2D eigenvalue weighted by atomic mass is 79.9. The highest BCUT2D eigenvalue weighted by molar-refractivity contribution is 9.10. The first-order chi connectivity index (χ1) is 19.4. The molecule has 0 aliphatic carbocycles. The normalized spacial score (nSPS) is 11.3. The van der Waals surface area contributed by atoms with Crippen LogP contribution >= 0.6 is 15.9 Å². The number of non-ortho nitro benzene ring substituents is 1. The minimum absolute atomic E-state index is 0.0937. The molecule has 196 valence electrons. The average Bonchev–Trinajstić information content (AvgIpc) is 2.97. The van der Waals surface area contributed by atoms with E-state index in [4.69, 9.17) is 4.74 Å². The van der Waals surface area contributed by atoms with Gasteiger partial charge in [0.05, 0.1) is 22.0 Å². The second-order valence-electron chi connectivity index (χ2n) is 8.47. The highest BCUT2D eigenvalue weighted by Crippen LogP contribution is 2.24. The molecule has 0 radical (unpaired) electrons. The summed E-state index contributed by atoms with van der Waals surface area (Å²) < 4.78 is 7.38. The van der Waals surface area contributed by atoms with Gasteiger partial charge in [0.2, 0.25) is 0 Å². The van der Waals surface area contributed by atoms with Crippen molar-refractivity contribution in [2.24, 2.45) is 5.10 Å². The van der Waals surface area contributed by atoms with Crippen molar-refractivity contribution in [1.82, 2.24) is 9.66 Å². The molecule has 0 aliphatic heterocycles. The zero-order valence-corrected chi connectivity index (χ0v) is 22.3. The minimum Gasteiger partial charge on any atom is -0.423 e. The fraction of sp³-hybridized carbons (Fsp3) is 0. The molecule has 1 aromatic heterocycles. The van der Waals surface area contributed by atoms with Gasteiger partial charge in [-0.1, -0.05) is 58.4 Å². The average molecular weight is 595 g/mol. The van der Waals surface area contributed by atoms with E-state index in [1.165, 1.54) is 36.6 Å². The Hall–Kier alpha value is -5.22. The lowest BCUT2D eigenvalue weighted by Gasteiger charge is -2.10. The number of carbonyl (C=O) groups is 1. The number of benzene rings is 4. The van der Waals surface area contributed by atoms with Gasteiger partial charge in [-0.15, -0.1) is 0 Å². The molecule has 0 spiro atoms. The summed E-state index contributed by atoms with van der Waals surface area (Å²) in [7, 11) is 0. The Bertz CT molecular complexity index is 1850. The van der Waals surface area contributed by atoms with Gasteiger partial charge in [-0.3, -0.25) is 14.9 Å². The summed E-state index contributed by atoms with van der Waals surface area (Å²) in [6.07, 6.45) is 4.36. The van der Waals surface area contributed by atoms with Crippen molar-refractivity contribution in [3.8, 4) is 17.1 Å². The van der Waals surface area contributed by atoms with Gasteiger partial charge >= 0.3 is 5.97 Å². The molecule has 0 aliphatic rings. The molecular weight excluding hydrogens is 576 g/mol. The van der Waals surface area contributed by atoms with Gasteiger partial charge in [-0.05, 0) is 54.1 Å². The Balaban J connectivity index is 1.54. The van der Waals surface area contributed by atoms with Crippen molar-refractivity contribution in [1.29, 1.82) is 0 Å². The predicted molar refractivity (Wildman–Crippen MR) is 156 cm³/mol. The Morgan fingerprint density at radius 2 is 1.70 bits per heavy atom. The second kappa shape index (κ2) is 11.7. The number of carbonyl (C=O) groups excluding carboxylic acids is 1. The third-order valence-electron chi connectivity index (χ3n) is 5.80. The number of nitro groups is 1. The zero-order valence-electron chi connectivity index (χ0n) is 20.7. The molecule has 0 atom stereocenters. The van der Waals surface area contributed by atoms with E-state index in [-0.39, 0.29) is 17.3 Å². The van der Waals surface area contributed by atoms with Gasteiger partial charge in [0.15, 0.2) is 5.82 Å². The Morgan fingerprint density at radius 1 is 0.975 bits per heavy atom. The van der Waals surface area contributed by atoms with E-state index in [1.807, 2.05) is 30.3 Å². The molecule has 0 bridgehead atoms. The molecule has 0 fully saturated rings. The summed E-state index contributed by atoms with van der Waals surface area (Å²) in [6, 6.07) is 26.9. The van der Waals surface area contributed by atoms with Crippen molar-refractivity contribution in [2.75, 3.05) is 0 Å². The van der Waals surface area contributed by atoms with E-state index >= 15 is 0 Å². The largest absolute Gasteiger partial charge is 0.423 e. The van der Waals surface area contributed by atoms with Crippen LogP contribution in [0, 0.1) is 10.1 Å². The minimum atomic E-state index is -0.586. The lowest BCUT2D eigenvalue weighted by molar-refractivity contribution is -0.384. The third-order valence-corrected chi connectivity index (χ3v) is 6.29. The molecule has 0 N–H and O–H groups in total. The SMILES string of the molecule is O=C(/C=C/c1ccccc1)Oc1ccc(Br)cc1C=Nn1c(-c2ccc([N+](=O)[O-])cc2)nc2ccccc2c1=O. The zero-order chi connectivity index (χ0) is 28.1. The quantitative estimate of drug-likeness (QED) is 0.0550.